The first-order valence-electron chi connectivity index (χ1n) is 8.54. The van der Waals surface area contributed by atoms with Crippen molar-refractivity contribution in [3.05, 3.63) is 81.9 Å². The largest absolute Gasteiger partial charge is 1.00 e. The van der Waals surface area contributed by atoms with Crippen molar-refractivity contribution in [3.63, 3.8) is 0 Å². The van der Waals surface area contributed by atoms with Crippen LogP contribution in [0.1, 0.15) is 43.4 Å². The molecule has 0 aromatic heterocycles. The van der Waals surface area contributed by atoms with Crippen LogP contribution >= 0.6 is 0 Å². The summed E-state index contributed by atoms with van der Waals surface area (Å²) in [6, 6.07) is 18.6. The second-order valence-corrected chi connectivity index (χ2v) is 13.4. The van der Waals surface area contributed by atoms with Gasteiger partial charge in [0.1, 0.15) is 0 Å². The van der Waals surface area contributed by atoms with Gasteiger partial charge < -0.3 is 24.8 Å². The van der Waals surface area contributed by atoms with E-state index in [4.69, 9.17) is 0 Å². The monoisotopic (exact) mass is 460 g/mol. The van der Waals surface area contributed by atoms with Gasteiger partial charge in [0, 0.05) is 0 Å². The third-order valence-corrected chi connectivity index (χ3v) is 14.6. The van der Waals surface area contributed by atoms with E-state index in [9.17, 15) is 0 Å². The summed E-state index contributed by atoms with van der Waals surface area (Å²) < 4.78 is 1.60. The molecule has 2 aromatic carbocycles. The summed E-state index contributed by atoms with van der Waals surface area (Å²) in [6.07, 6.45) is 0. The molecule has 126 valence electrons. The molecule has 0 N–H and O–H groups in total. The van der Waals surface area contributed by atoms with Gasteiger partial charge in [0.25, 0.3) is 0 Å². The van der Waals surface area contributed by atoms with Crippen LogP contribution < -0.4 is 24.8 Å². The summed E-state index contributed by atoms with van der Waals surface area (Å²) in [6.45, 7) is 7.48. The van der Waals surface area contributed by atoms with Crippen LogP contribution in [0.25, 0.3) is 10.4 Å². The Morgan fingerprint density at radius 1 is 0.720 bits per heavy atom. The summed E-state index contributed by atoms with van der Waals surface area (Å²) in [4.78, 5) is 0. The molecule has 0 amide bonds. The van der Waals surface area contributed by atoms with Crippen LogP contribution in [-0.4, -0.2) is 8.80 Å². The molecular weight excluding hydrogens is 442 g/mol. The molecule has 0 saturated heterocycles. The van der Waals surface area contributed by atoms with Crippen LogP contribution in [-0.2, 0) is 23.2 Å². The number of halogens is 2. The molecule has 0 nitrogen and oxygen atoms in total. The van der Waals surface area contributed by atoms with Gasteiger partial charge in [-0.05, 0) is 0 Å². The minimum absolute atomic E-state index is 0. The number of fused-ring (bicyclic) bond motifs is 8. The van der Waals surface area contributed by atoms with Crippen molar-refractivity contribution in [1.29, 1.82) is 0 Å². The fourth-order valence-electron chi connectivity index (χ4n) is 5.08. The molecule has 2 aliphatic carbocycles. The van der Waals surface area contributed by atoms with Crippen LogP contribution in [0, 0.1) is 0 Å². The van der Waals surface area contributed by atoms with Crippen LogP contribution in [0.3, 0.4) is 0 Å². The molecule has 2 unspecified atom stereocenters. The Hall–Kier alpha value is -0.400. The number of allylic oxidation sites excluding steroid dienone is 2. The summed E-state index contributed by atoms with van der Waals surface area (Å²) >= 11 is -0.605. The molecule has 5 rings (SSSR count). The maximum absolute atomic E-state index is 2.58. The Morgan fingerprint density at radius 3 is 1.56 bits per heavy atom. The van der Waals surface area contributed by atoms with E-state index < -0.39 is 32.0 Å². The van der Waals surface area contributed by atoms with Crippen molar-refractivity contribution in [2.75, 3.05) is 0 Å². The number of hydrogen-bond acceptors (Lipinski definition) is 0. The third-order valence-electron chi connectivity index (χ3n) is 6.04. The number of hydrogen-bond donors (Lipinski definition) is 0. The zero-order valence-corrected chi connectivity index (χ0v) is 19.7. The maximum atomic E-state index is 2.58. The Kier molecular flexibility index (Phi) is 5.40. The molecule has 4 bridgehead atoms. The quantitative estimate of drug-likeness (QED) is 0.445. The Morgan fingerprint density at radius 2 is 1.12 bits per heavy atom. The molecule has 2 aromatic rings. The summed E-state index contributed by atoms with van der Waals surface area (Å²) in [7, 11) is -1.12. The zero-order chi connectivity index (χ0) is 15.7. The summed E-state index contributed by atoms with van der Waals surface area (Å²) in [5.74, 6) is 0. The first kappa shape index (κ1) is 19.4. The van der Waals surface area contributed by atoms with Crippen LogP contribution in [0.5, 0.6) is 0 Å². The smallest absolute Gasteiger partial charge is 1.00 e. The minimum atomic E-state index is -1.12. The SMILES string of the molecule is CC1=C2c3ccccc3[CH]1[Zr+2][CH]1C(C)=C(c3ccccc31)[SiH]2C.[Cl-].[Cl-]. The van der Waals surface area contributed by atoms with Crippen molar-refractivity contribution in [3.8, 4) is 0 Å². The van der Waals surface area contributed by atoms with Crippen molar-refractivity contribution in [1.82, 2.24) is 0 Å². The molecular formula is C21H20Cl2SiZr. The first-order chi connectivity index (χ1) is 11.2. The van der Waals surface area contributed by atoms with Gasteiger partial charge in [-0.25, -0.2) is 0 Å². The number of benzene rings is 2. The van der Waals surface area contributed by atoms with Gasteiger partial charge in [0.2, 0.25) is 0 Å². The Bertz CT molecular complexity index is 842. The molecule has 0 spiro atoms. The number of rotatable bonds is 0. The molecule has 1 aliphatic heterocycles. The molecule has 25 heavy (non-hydrogen) atoms. The van der Waals surface area contributed by atoms with E-state index in [0.29, 0.717) is 0 Å². The Balaban J connectivity index is 0.000000911. The van der Waals surface area contributed by atoms with Crippen molar-refractivity contribution in [2.45, 2.75) is 27.6 Å². The van der Waals surface area contributed by atoms with E-state index in [0.717, 1.165) is 7.25 Å². The summed E-state index contributed by atoms with van der Waals surface area (Å²) in [5, 5.41) is 3.55. The van der Waals surface area contributed by atoms with Gasteiger partial charge in [-0.3, -0.25) is 0 Å². The molecule has 1 heterocycles. The van der Waals surface area contributed by atoms with Gasteiger partial charge in [-0.2, -0.15) is 0 Å². The van der Waals surface area contributed by atoms with E-state index in [2.05, 4.69) is 68.9 Å². The molecule has 0 saturated carbocycles. The second kappa shape index (κ2) is 6.97. The fraction of sp³-hybridized carbons (Fsp3) is 0.238. The fourth-order valence-corrected chi connectivity index (χ4v) is 14.3. The zero-order valence-electron chi connectivity index (χ0n) is 14.6. The standard InChI is InChI=1S/C21H20Si.2ClH.Zr/c1-14-12-16-8-4-6-10-18(16)20(14)22(3)21-15(2)13-17-9-5-7-11-19(17)21;;;/h4-13,22H,1-3H3;2*1H;/q;;;+2/p-2. The van der Waals surface area contributed by atoms with Crippen molar-refractivity contribution < 1.29 is 48.0 Å². The van der Waals surface area contributed by atoms with E-state index in [1.54, 1.807) is 43.8 Å². The van der Waals surface area contributed by atoms with Crippen LogP contribution in [0.15, 0.2) is 59.7 Å². The molecule has 4 heteroatoms. The van der Waals surface area contributed by atoms with Gasteiger partial charge in [-0.1, -0.05) is 0 Å². The van der Waals surface area contributed by atoms with E-state index in [1.807, 2.05) is 0 Å². The van der Waals surface area contributed by atoms with Gasteiger partial charge in [0.15, 0.2) is 0 Å². The van der Waals surface area contributed by atoms with Gasteiger partial charge >= 0.3 is 152 Å². The van der Waals surface area contributed by atoms with Crippen LogP contribution in [0.2, 0.25) is 6.55 Å². The Labute approximate surface area is 175 Å². The predicted octanol–water partition coefficient (Wildman–Crippen LogP) is -0.917. The second-order valence-electron chi connectivity index (χ2n) is 7.12. The topological polar surface area (TPSA) is 0 Å². The molecule has 0 radical (unpaired) electrons. The minimum Gasteiger partial charge on any atom is -1.00 e. The van der Waals surface area contributed by atoms with Crippen molar-refractivity contribution in [2.24, 2.45) is 0 Å². The van der Waals surface area contributed by atoms with E-state index in [-0.39, 0.29) is 24.8 Å². The van der Waals surface area contributed by atoms with E-state index in [1.165, 1.54) is 0 Å². The molecule has 0 fully saturated rings. The summed E-state index contributed by atoms with van der Waals surface area (Å²) in [5.41, 5.74) is 10.1. The van der Waals surface area contributed by atoms with Gasteiger partial charge in [-0.15, -0.1) is 0 Å². The average molecular weight is 463 g/mol. The third kappa shape index (κ3) is 2.56. The molecule has 2 atom stereocenters. The first-order valence-corrected chi connectivity index (χ1v) is 13.7. The molecule has 3 aliphatic rings. The average Bonchev–Trinajstić information content (AvgIpc) is 3.02. The van der Waals surface area contributed by atoms with Gasteiger partial charge in [0.05, 0.1) is 0 Å². The van der Waals surface area contributed by atoms with Crippen LogP contribution in [0.4, 0.5) is 0 Å². The van der Waals surface area contributed by atoms with Crippen molar-refractivity contribution >= 4 is 19.2 Å². The maximum Gasteiger partial charge on any atom is -1.00 e. The predicted molar refractivity (Wildman–Crippen MR) is 96.6 cm³/mol. The van der Waals surface area contributed by atoms with E-state index >= 15 is 0 Å². The normalized spacial score (nSPS) is 24.8.